The van der Waals surface area contributed by atoms with Crippen molar-refractivity contribution in [3.8, 4) is 0 Å². The Morgan fingerprint density at radius 1 is 1.17 bits per heavy atom. The summed E-state index contributed by atoms with van der Waals surface area (Å²) in [7, 11) is -2.45. The zero-order chi connectivity index (χ0) is 17.7. The van der Waals surface area contributed by atoms with Crippen LogP contribution in [0.2, 0.25) is 0 Å². The van der Waals surface area contributed by atoms with Crippen LogP contribution in [0.5, 0.6) is 0 Å². The third-order valence-corrected chi connectivity index (χ3v) is 4.71. The molecule has 0 heterocycles. The monoisotopic (exact) mass is 366 g/mol. The summed E-state index contributed by atoms with van der Waals surface area (Å²) in [5.74, 6) is -0.495. The van der Waals surface area contributed by atoms with Crippen molar-refractivity contribution in [2.45, 2.75) is 11.8 Å². The van der Waals surface area contributed by atoms with Crippen molar-refractivity contribution < 1.29 is 17.9 Å². The SMILES string of the molecule is COC1=C(C)/C(=N\S(=O)(=O)c2ccccc2)C=CC1=NC(=O)CCl. The summed E-state index contributed by atoms with van der Waals surface area (Å²) >= 11 is 5.44. The molecule has 0 N–H and O–H groups in total. The lowest BCUT2D eigenvalue weighted by molar-refractivity contribution is -0.115. The summed E-state index contributed by atoms with van der Waals surface area (Å²) in [6.45, 7) is 1.64. The van der Waals surface area contributed by atoms with Crippen molar-refractivity contribution in [2.24, 2.45) is 9.39 Å². The van der Waals surface area contributed by atoms with Gasteiger partial charge in [-0.1, -0.05) is 18.2 Å². The number of hydrogen-bond acceptors (Lipinski definition) is 4. The Hall–Kier alpha value is -2.25. The Balaban J connectivity index is 2.47. The molecule has 0 saturated heterocycles. The third-order valence-electron chi connectivity index (χ3n) is 3.18. The van der Waals surface area contributed by atoms with Crippen LogP contribution in [0.25, 0.3) is 0 Å². The van der Waals surface area contributed by atoms with Gasteiger partial charge in [0.1, 0.15) is 17.4 Å². The Morgan fingerprint density at radius 3 is 2.38 bits per heavy atom. The Morgan fingerprint density at radius 2 is 1.79 bits per heavy atom. The highest BCUT2D eigenvalue weighted by atomic mass is 35.5. The minimum atomic E-state index is -3.85. The molecule has 0 spiro atoms. The number of hydrogen-bond donors (Lipinski definition) is 0. The van der Waals surface area contributed by atoms with Gasteiger partial charge in [-0.15, -0.1) is 11.6 Å². The zero-order valence-electron chi connectivity index (χ0n) is 13.1. The van der Waals surface area contributed by atoms with Gasteiger partial charge in [-0.05, 0) is 31.2 Å². The van der Waals surface area contributed by atoms with Crippen LogP contribution in [0.15, 0.2) is 68.1 Å². The second kappa shape index (κ2) is 7.55. The van der Waals surface area contributed by atoms with Crippen molar-refractivity contribution in [2.75, 3.05) is 13.0 Å². The maximum Gasteiger partial charge on any atom is 0.282 e. The minimum Gasteiger partial charge on any atom is -0.494 e. The summed E-state index contributed by atoms with van der Waals surface area (Å²) in [5, 5.41) is 0. The number of nitrogens with zero attached hydrogens (tertiary/aromatic N) is 2. The van der Waals surface area contributed by atoms with E-state index in [1.54, 1.807) is 25.1 Å². The maximum atomic E-state index is 12.4. The molecule has 0 fully saturated rings. The van der Waals surface area contributed by atoms with E-state index in [9.17, 15) is 13.2 Å². The second-order valence-corrected chi connectivity index (χ2v) is 6.65. The molecular weight excluding hydrogens is 352 g/mol. The van der Waals surface area contributed by atoms with E-state index < -0.39 is 15.9 Å². The standard InChI is InChI=1S/C16H15ClN2O4S/c1-11-13(19-24(21,22)12-6-4-3-5-7-12)8-9-14(16(11)23-2)18-15(20)10-17/h3-9H,10H2,1-2H3/b18-14?,19-13-. The Kier molecular flexibility index (Phi) is 5.69. The van der Waals surface area contributed by atoms with Crippen molar-refractivity contribution in [3.63, 3.8) is 0 Å². The van der Waals surface area contributed by atoms with Crippen molar-refractivity contribution >= 4 is 39.0 Å². The molecule has 0 saturated carbocycles. The van der Waals surface area contributed by atoms with Crippen LogP contribution in [0.1, 0.15) is 6.92 Å². The maximum absolute atomic E-state index is 12.4. The molecule has 0 bridgehead atoms. The van der Waals surface area contributed by atoms with Crippen molar-refractivity contribution in [1.29, 1.82) is 0 Å². The van der Waals surface area contributed by atoms with Crippen LogP contribution in [0.4, 0.5) is 0 Å². The molecule has 0 aliphatic heterocycles. The van der Waals surface area contributed by atoms with Crippen molar-refractivity contribution in [3.05, 3.63) is 53.8 Å². The lowest BCUT2D eigenvalue weighted by Crippen LogP contribution is -2.17. The van der Waals surface area contributed by atoms with Crippen LogP contribution in [-0.4, -0.2) is 38.7 Å². The van der Waals surface area contributed by atoms with Gasteiger partial charge in [0.15, 0.2) is 0 Å². The lowest BCUT2D eigenvalue weighted by Gasteiger charge is -2.15. The molecule has 1 aromatic carbocycles. The average molecular weight is 367 g/mol. The van der Waals surface area contributed by atoms with Gasteiger partial charge < -0.3 is 4.74 Å². The van der Waals surface area contributed by atoms with E-state index in [-0.39, 0.29) is 28.0 Å². The van der Waals surface area contributed by atoms with Gasteiger partial charge in [0.05, 0.1) is 17.7 Å². The summed E-state index contributed by atoms with van der Waals surface area (Å²) in [4.78, 5) is 15.3. The van der Waals surface area contributed by atoms with Gasteiger partial charge in [0, 0.05) is 5.57 Å². The number of methoxy groups -OCH3 is 1. The predicted octanol–water partition coefficient (Wildman–Crippen LogP) is 2.51. The van der Waals surface area contributed by atoms with Crippen LogP contribution in [-0.2, 0) is 19.6 Å². The summed E-state index contributed by atoms with van der Waals surface area (Å²) in [6, 6.07) is 7.89. The molecule has 1 aromatic rings. The van der Waals surface area contributed by atoms with E-state index in [4.69, 9.17) is 16.3 Å². The minimum absolute atomic E-state index is 0.0921. The molecule has 1 amide bonds. The molecule has 6 nitrogen and oxygen atoms in total. The van der Waals surface area contributed by atoms with Crippen LogP contribution < -0.4 is 0 Å². The fourth-order valence-electron chi connectivity index (χ4n) is 2.05. The van der Waals surface area contributed by atoms with E-state index in [2.05, 4.69) is 9.39 Å². The summed E-state index contributed by atoms with van der Waals surface area (Å²) in [6.07, 6.45) is 2.94. The van der Waals surface area contributed by atoms with Gasteiger partial charge in [-0.25, -0.2) is 4.99 Å². The topological polar surface area (TPSA) is 85.2 Å². The van der Waals surface area contributed by atoms with Gasteiger partial charge in [-0.3, -0.25) is 4.79 Å². The number of sulfonamides is 1. The number of benzene rings is 1. The zero-order valence-corrected chi connectivity index (χ0v) is 14.6. The molecule has 1 aliphatic carbocycles. The van der Waals surface area contributed by atoms with E-state index >= 15 is 0 Å². The first-order chi connectivity index (χ1) is 11.4. The first-order valence-electron chi connectivity index (χ1n) is 6.90. The number of ether oxygens (including phenoxy) is 1. The first-order valence-corrected chi connectivity index (χ1v) is 8.87. The molecule has 2 rings (SSSR count). The van der Waals surface area contributed by atoms with Crippen LogP contribution >= 0.6 is 11.6 Å². The molecule has 8 heteroatoms. The molecular formula is C16H15ClN2O4S. The number of carbonyl (C=O) groups is 1. The molecule has 0 aromatic heterocycles. The molecule has 0 atom stereocenters. The quantitative estimate of drug-likeness (QED) is 0.605. The van der Waals surface area contributed by atoms with Crippen LogP contribution in [0.3, 0.4) is 0 Å². The van der Waals surface area contributed by atoms with Gasteiger partial charge in [0.2, 0.25) is 0 Å². The van der Waals surface area contributed by atoms with Crippen molar-refractivity contribution in [1.82, 2.24) is 0 Å². The molecule has 0 radical (unpaired) electrons. The van der Waals surface area contributed by atoms with E-state index in [1.165, 1.54) is 31.4 Å². The highest BCUT2D eigenvalue weighted by molar-refractivity contribution is 7.90. The van der Waals surface area contributed by atoms with E-state index in [0.29, 0.717) is 5.57 Å². The highest BCUT2D eigenvalue weighted by Gasteiger charge is 2.21. The average Bonchev–Trinajstić information content (AvgIpc) is 2.58. The number of halogens is 1. The second-order valence-electron chi connectivity index (χ2n) is 4.78. The molecule has 0 unspecified atom stereocenters. The number of amides is 1. The van der Waals surface area contributed by atoms with Crippen LogP contribution in [0, 0.1) is 0 Å². The largest absolute Gasteiger partial charge is 0.494 e. The number of aliphatic imine (C=N–C) groups is 1. The normalized spacial score (nSPS) is 18.3. The highest BCUT2D eigenvalue weighted by Crippen LogP contribution is 2.20. The predicted molar refractivity (Wildman–Crippen MR) is 93.1 cm³/mol. The summed E-state index contributed by atoms with van der Waals surface area (Å²) in [5.41, 5.74) is 0.949. The Labute approximate surface area is 145 Å². The number of carbonyl (C=O) groups excluding carboxylic acids is 1. The lowest BCUT2D eigenvalue weighted by atomic mass is 10.0. The molecule has 126 valence electrons. The molecule has 24 heavy (non-hydrogen) atoms. The van der Waals surface area contributed by atoms with E-state index in [1.807, 2.05) is 0 Å². The van der Waals surface area contributed by atoms with Gasteiger partial charge in [0.25, 0.3) is 15.9 Å². The fourth-order valence-corrected chi connectivity index (χ4v) is 3.17. The van der Waals surface area contributed by atoms with E-state index in [0.717, 1.165) is 0 Å². The number of allylic oxidation sites excluding steroid dienone is 3. The van der Waals surface area contributed by atoms with Gasteiger partial charge >= 0.3 is 0 Å². The fraction of sp³-hybridized carbons (Fsp3) is 0.188. The smallest absolute Gasteiger partial charge is 0.282 e. The molecule has 1 aliphatic rings. The summed E-state index contributed by atoms with van der Waals surface area (Å²) < 4.78 is 33.8. The number of rotatable bonds is 4. The first kappa shape index (κ1) is 18.1. The van der Waals surface area contributed by atoms with Gasteiger partial charge in [-0.2, -0.15) is 12.8 Å². The number of alkyl halides is 1. The Bertz CT molecular complexity index is 869. The third kappa shape index (κ3) is 3.98.